The standard InChI is InChI=1S/C14H22O2S2/c1-3-11(2)13(15)16-12-9-17-14(18-10-12)7-5-4-6-8-14/h3,12H,4-10H2,1-2H3/b11-3+. The molecule has 0 bridgehead atoms. The van der Waals surface area contributed by atoms with Crippen molar-refractivity contribution >= 4 is 29.5 Å². The summed E-state index contributed by atoms with van der Waals surface area (Å²) in [6.07, 6.45) is 8.68. The summed E-state index contributed by atoms with van der Waals surface area (Å²) in [7, 11) is 0. The minimum absolute atomic E-state index is 0.0925. The molecule has 0 aromatic carbocycles. The maximum Gasteiger partial charge on any atom is 0.333 e. The van der Waals surface area contributed by atoms with Crippen molar-refractivity contribution in [2.75, 3.05) is 11.5 Å². The van der Waals surface area contributed by atoms with Crippen molar-refractivity contribution in [3.8, 4) is 0 Å². The number of esters is 1. The lowest BCUT2D eigenvalue weighted by Gasteiger charge is -2.41. The Bertz CT molecular complexity index is 323. The van der Waals surface area contributed by atoms with E-state index < -0.39 is 0 Å². The van der Waals surface area contributed by atoms with Gasteiger partial charge in [0.15, 0.2) is 0 Å². The Kier molecular flexibility index (Phi) is 5.07. The first-order chi connectivity index (χ1) is 8.65. The zero-order valence-electron chi connectivity index (χ0n) is 11.2. The van der Waals surface area contributed by atoms with Gasteiger partial charge in [-0.15, -0.1) is 23.5 Å². The summed E-state index contributed by atoms with van der Waals surface area (Å²) in [5.74, 6) is 1.79. The van der Waals surface area contributed by atoms with Crippen LogP contribution in [0, 0.1) is 0 Å². The molecule has 2 aliphatic rings. The van der Waals surface area contributed by atoms with Crippen LogP contribution < -0.4 is 0 Å². The Morgan fingerprint density at radius 2 is 1.83 bits per heavy atom. The fourth-order valence-corrected chi connectivity index (χ4v) is 5.79. The topological polar surface area (TPSA) is 26.3 Å². The lowest BCUT2D eigenvalue weighted by molar-refractivity contribution is -0.142. The maximum absolute atomic E-state index is 11.7. The van der Waals surface area contributed by atoms with Crippen LogP contribution >= 0.6 is 23.5 Å². The van der Waals surface area contributed by atoms with Crippen LogP contribution in [0.1, 0.15) is 46.0 Å². The van der Waals surface area contributed by atoms with Crippen LogP contribution in [0.3, 0.4) is 0 Å². The molecule has 0 amide bonds. The summed E-state index contributed by atoms with van der Waals surface area (Å²) < 4.78 is 5.97. The number of allylic oxidation sites excluding steroid dienone is 1. The highest BCUT2D eigenvalue weighted by molar-refractivity contribution is 8.18. The number of carbonyl (C=O) groups excluding carboxylic acids is 1. The zero-order valence-corrected chi connectivity index (χ0v) is 12.9. The summed E-state index contributed by atoms with van der Waals surface area (Å²) in [5.41, 5.74) is 0.711. The highest BCUT2D eigenvalue weighted by Crippen LogP contribution is 2.51. The van der Waals surface area contributed by atoms with Gasteiger partial charge in [-0.05, 0) is 26.7 Å². The van der Waals surface area contributed by atoms with E-state index in [-0.39, 0.29) is 12.1 Å². The highest BCUT2D eigenvalue weighted by Gasteiger charge is 2.38. The molecule has 1 spiro atoms. The summed E-state index contributed by atoms with van der Waals surface area (Å²) in [6, 6.07) is 0. The van der Waals surface area contributed by atoms with Gasteiger partial charge in [-0.1, -0.05) is 25.3 Å². The lowest BCUT2D eigenvalue weighted by atomic mass is 10.00. The van der Waals surface area contributed by atoms with Gasteiger partial charge in [0, 0.05) is 17.1 Å². The third kappa shape index (κ3) is 3.47. The first-order valence-corrected chi connectivity index (χ1v) is 8.74. The first kappa shape index (κ1) is 14.3. The maximum atomic E-state index is 11.7. The average Bonchev–Trinajstić information content (AvgIpc) is 2.41. The predicted octanol–water partition coefficient (Wildman–Crippen LogP) is 4.00. The zero-order chi connectivity index (χ0) is 13.0. The van der Waals surface area contributed by atoms with Gasteiger partial charge in [-0.3, -0.25) is 0 Å². The van der Waals surface area contributed by atoms with E-state index in [0.717, 1.165) is 11.5 Å². The molecule has 0 radical (unpaired) electrons. The summed E-state index contributed by atoms with van der Waals surface area (Å²) in [6.45, 7) is 3.69. The van der Waals surface area contributed by atoms with Crippen LogP contribution in [-0.2, 0) is 9.53 Å². The molecule has 2 nitrogen and oxygen atoms in total. The molecule has 1 aliphatic heterocycles. The predicted molar refractivity (Wildman–Crippen MR) is 80.0 cm³/mol. The molecule has 2 rings (SSSR count). The minimum Gasteiger partial charge on any atom is -0.457 e. The van der Waals surface area contributed by atoms with E-state index in [9.17, 15) is 4.79 Å². The van der Waals surface area contributed by atoms with Gasteiger partial charge in [0.1, 0.15) is 6.10 Å². The summed E-state index contributed by atoms with van der Waals surface area (Å²) >= 11 is 4.04. The summed E-state index contributed by atoms with van der Waals surface area (Å²) in [5, 5.41) is 0. The smallest absolute Gasteiger partial charge is 0.333 e. The van der Waals surface area contributed by atoms with E-state index in [1.54, 1.807) is 0 Å². The van der Waals surface area contributed by atoms with E-state index in [1.807, 2.05) is 43.4 Å². The molecule has 1 saturated carbocycles. The van der Waals surface area contributed by atoms with E-state index in [1.165, 1.54) is 32.1 Å². The average molecular weight is 286 g/mol. The van der Waals surface area contributed by atoms with E-state index >= 15 is 0 Å². The third-order valence-corrected chi connectivity index (χ3v) is 7.36. The monoisotopic (exact) mass is 286 g/mol. The second-order valence-electron chi connectivity index (χ2n) is 5.09. The molecule has 0 aromatic rings. The molecule has 0 N–H and O–H groups in total. The Labute approximate surface area is 118 Å². The molecule has 0 aromatic heterocycles. The molecular formula is C14H22O2S2. The van der Waals surface area contributed by atoms with Gasteiger partial charge in [0.05, 0.1) is 4.08 Å². The van der Waals surface area contributed by atoms with Crippen molar-refractivity contribution < 1.29 is 9.53 Å². The van der Waals surface area contributed by atoms with Gasteiger partial charge in [0.2, 0.25) is 0 Å². The molecule has 18 heavy (non-hydrogen) atoms. The van der Waals surface area contributed by atoms with E-state index in [4.69, 9.17) is 4.74 Å². The van der Waals surface area contributed by atoms with Crippen molar-refractivity contribution in [3.63, 3.8) is 0 Å². The van der Waals surface area contributed by atoms with Crippen molar-refractivity contribution in [3.05, 3.63) is 11.6 Å². The van der Waals surface area contributed by atoms with Gasteiger partial charge in [0.25, 0.3) is 0 Å². The normalized spacial score (nSPS) is 25.1. The molecule has 1 saturated heterocycles. The van der Waals surface area contributed by atoms with Crippen LogP contribution in [0.4, 0.5) is 0 Å². The molecule has 0 unspecified atom stereocenters. The van der Waals surface area contributed by atoms with Gasteiger partial charge < -0.3 is 4.74 Å². The second kappa shape index (κ2) is 6.38. The first-order valence-electron chi connectivity index (χ1n) is 6.77. The minimum atomic E-state index is -0.150. The molecular weight excluding hydrogens is 264 g/mol. The van der Waals surface area contributed by atoms with Crippen molar-refractivity contribution in [2.24, 2.45) is 0 Å². The third-order valence-electron chi connectivity index (χ3n) is 3.71. The Hall–Kier alpha value is -0.0900. The fourth-order valence-electron chi connectivity index (χ4n) is 2.39. The van der Waals surface area contributed by atoms with Gasteiger partial charge in [-0.2, -0.15) is 0 Å². The number of hydrogen-bond donors (Lipinski definition) is 0. The summed E-state index contributed by atoms with van der Waals surface area (Å²) in [4.78, 5) is 11.7. The quantitative estimate of drug-likeness (QED) is 0.566. The Balaban J connectivity index is 1.81. The highest BCUT2D eigenvalue weighted by atomic mass is 32.2. The van der Waals surface area contributed by atoms with Crippen molar-refractivity contribution in [2.45, 2.75) is 56.1 Å². The van der Waals surface area contributed by atoms with Crippen LogP contribution in [0.5, 0.6) is 0 Å². The molecule has 1 heterocycles. The molecule has 102 valence electrons. The van der Waals surface area contributed by atoms with Crippen LogP contribution in [0.15, 0.2) is 11.6 Å². The second-order valence-corrected chi connectivity index (χ2v) is 8.16. The van der Waals surface area contributed by atoms with E-state index in [0.29, 0.717) is 9.65 Å². The van der Waals surface area contributed by atoms with Crippen molar-refractivity contribution in [1.29, 1.82) is 0 Å². The molecule has 2 fully saturated rings. The van der Waals surface area contributed by atoms with Gasteiger partial charge >= 0.3 is 5.97 Å². The Morgan fingerprint density at radius 1 is 1.22 bits per heavy atom. The fraction of sp³-hybridized carbons (Fsp3) is 0.786. The van der Waals surface area contributed by atoms with Crippen LogP contribution in [0.2, 0.25) is 0 Å². The van der Waals surface area contributed by atoms with E-state index in [2.05, 4.69) is 0 Å². The number of carbonyl (C=O) groups is 1. The van der Waals surface area contributed by atoms with Crippen LogP contribution in [-0.4, -0.2) is 27.7 Å². The SMILES string of the molecule is C/C=C(\C)C(=O)OC1CSC2(CCCCC2)SC1. The molecule has 1 aliphatic carbocycles. The largest absolute Gasteiger partial charge is 0.457 e. The number of thioether (sulfide) groups is 2. The molecule has 0 atom stereocenters. The molecule has 4 heteroatoms. The van der Waals surface area contributed by atoms with Crippen LogP contribution in [0.25, 0.3) is 0 Å². The van der Waals surface area contributed by atoms with Gasteiger partial charge in [-0.25, -0.2) is 4.79 Å². The van der Waals surface area contributed by atoms with Crippen molar-refractivity contribution in [1.82, 2.24) is 0 Å². The number of rotatable bonds is 2. The Morgan fingerprint density at radius 3 is 2.39 bits per heavy atom. The number of ether oxygens (including phenoxy) is 1. The lowest BCUT2D eigenvalue weighted by Crippen LogP contribution is -2.36. The number of hydrogen-bond acceptors (Lipinski definition) is 4.